The zero-order valence-corrected chi connectivity index (χ0v) is 13.2. The summed E-state index contributed by atoms with van der Waals surface area (Å²) in [4.78, 5) is 2.46. The van der Waals surface area contributed by atoms with Crippen LogP contribution in [0, 0.1) is 5.92 Å². The molecular weight excluding hydrogens is 272 g/mol. The first-order valence-electron chi connectivity index (χ1n) is 7.41. The zero-order chi connectivity index (χ0) is 14.5. The minimum absolute atomic E-state index is 0.544. The topological polar surface area (TPSA) is 38.5 Å². The third-order valence-electron chi connectivity index (χ3n) is 4.10. The molecule has 0 saturated heterocycles. The van der Waals surface area contributed by atoms with Gasteiger partial charge >= 0.3 is 0 Å². The fourth-order valence-corrected chi connectivity index (χ4v) is 2.95. The Morgan fingerprint density at radius 3 is 2.80 bits per heavy atom. The van der Waals surface area contributed by atoms with Crippen molar-refractivity contribution in [3.8, 4) is 0 Å². The van der Waals surface area contributed by atoms with Gasteiger partial charge in [0.25, 0.3) is 0 Å². The molecule has 1 aromatic carbocycles. The molecule has 20 heavy (non-hydrogen) atoms. The van der Waals surface area contributed by atoms with Gasteiger partial charge in [0.05, 0.1) is 6.61 Å². The van der Waals surface area contributed by atoms with Crippen LogP contribution < -0.4 is 10.6 Å². The van der Waals surface area contributed by atoms with E-state index in [1.54, 1.807) is 7.11 Å². The molecule has 1 saturated carbocycles. The lowest BCUT2D eigenvalue weighted by molar-refractivity contribution is 0.202. The van der Waals surface area contributed by atoms with Gasteiger partial charge in [0, 0.05) is 30.4 Å². The third kappa shape index (κ3) is 3.87. The molecule has 2 rings (SSSR count). The first kappa shape index (κ1) is 15.6. The van der Waals surface area contributed by atoms with Crippen LogP contribution in [0.15, 0.2) is 18.2 Å². The van der Waals surface area contributed by atoms with Crippen LogP contribution in [-0.2, 0) is 11.2 Å². The van der Waals surface area contributed by atoms with E-state index in [-0.39, 0.29) is 0 Å². The molecule has 0 spiro atoms. The number of hydrogen-bond acceptors (Lipinski definition) is 3. The van der Waals surface area contributed by atoms with Gasteiger partial charge in [-0.05, 0) is 62.4 Å². The molecule has 0 heterocycles. The lowest BCUT2D eigenvalue weighted by atomic mass is 10.1. The molecule has 1 aliphatic rings. The van der Waals surface area contributed by atoms with Gasteiger partial charge in [-0.2, -0.15) is 0 Å². The van der Waals surface area contributed by atoms with E-state index in [2.05, 4.69) is 17.9 Å². The highest BCUT2D eigenvalue weighted by Gasteiger charge is 2.32. The van der Waals surface area contributed by atoms with Crippen LogP contribution in [0.25, 0.3) is 0 Å². The molecule has 0 amide bonds. The summed E-state index contributed by atoms with van der Waals surface area (Å²) in [5.41, 5.74) is 8.24. The molecular formula is C16H25ClN2O. The minimum atomic E-state index is 0.544. The predicted octanol–water partition coefficient (Wildman–Crippen LogP) is 3.09. The molecule has 1 aromatic rings. The van der Waals surface area contributed by atoms with Crippen LogP contribution >= 0.6 is 11.6 Å². The Morgan fingerprint density at radius 1 is 1.45 bits per heavy atom. The highest BCUT2D eigenvalue weighted by atomic mass is 35.5. The van der Waals surface area contributed by atoms with E-state index in [1.807, 2.05) is 12.1 Å². The highest BCUT2D eigenvalue weighted by Crippen LogP contribution is 2.38. The van der Waals surface area contributed by atoms with E-state index >= 15 is 0 Å². The average Bonchev–Trinajstić information content (AvgIpc) is 3.25. The van der Waals surface area contributed by atoms with Crippen LogP contribution in [0.5, 0.6) is 0 Å². The van der Waals surface area contributed by atoms with E-state index in [4.69, 9.17) is 22.1 Å². The SMILES string of the molecule is COCCN(c1ccc(Cl)cc1CCN)C(C)C1CC1. The summed E-state index contributed by atoms with van der Waals surface area (Å²) in [6.07, 6.45) is 3.53. The van der Waals surface area contributed by atoms with Crippen molar-refractivity contribution in [1.82, 2.24) is 0 Å². The largest absolute Gasteiger partial charge is 0.383 e. The van der Waals surface area contributed by atoms with Gasteiger partial charge in [0.2, 0.25) is 0 Å². The van der Waals surface area contributed by atoms with Gasteiger partial charge in [-0.25, -0.2) is 0 Å². The summed E-state index contributed by atoms with van der Waals surface area (Å²) in [6, 6.07) is 6.68. The van der Waals surface area contributed by atoms with Crippen molar-refractivity contribution < 1.29 is 4.74 Å². The second-order valence-corrected chi connectivity index (χ2v) is 6.01. The van der Waals surface area contributed by atoms with Crippen LogP contribution in [0.1, 0.15) is 25.3 Å². The van der Waals surface area contributed by atoms with Gasteiger partial charge in [0.1, 0.15) is 0 Å². The van der Waals surface area contributed by atoms with Gasteiger partial charge in [-0.1, -0.05) is 11.6 Å². The van der Waals surface area contributed by atoms with E-state index in [0.29, 0.717) is 12.6 Å². The van der Waals surface area contributed by atoms with Crippen LogP contribution in [0.4, 0.5) is 5.69 Å². The molecule has 4 heteroatoms. The summed E-state index contributed by atoms with van der Waals surface area (Å²) in [7, 11) is 1.75. The summed E-state index contributed by atoms with van der Waals surface area (Å²) in [6.45, 7) is 4.60. The number of nitrogens with two attached hydrogens (primary N) is 1. The van der Waals surface area contributed by atoms with Crippen molar-refractivity contribution in [3.05, 3.63) is 28.8 Å². The number of hydrogen-bond donors (Lipinski definition) is 1. The second kappa shape index (κ2) is 7.30. The first-order valence-corrected chi connectivity index (χ1v) is 7.79. The zero-order valence-electron chi connectivity index (χ0n) is 12.4. The Kier molecular flexibility index (Phi) is 5.70. The van der Waals surface area contributed by atoms with Crippen molar-refractivity contribution in [2.45, 2.75) is 32.2 Å². The second-order valence-electron chi connectivity index (χ2n) is 5.58. The summed E-state index contributed by atoms with van der Waals surface area (Å²) in [5, 5.41) is 0.781. The maximum Gasteiger partial charge on any atom is 0.0637 e. The number of ether oxygens (including phenoxy) is 1. The first-order chi connectivity index (χ1) is 9.67. The molecule has 2 N–H and O–H groups in total. The molecule has 0 aromatic heterocycles. The number of halogens is 1. The van der Waals surface area contributed by atoms with E-state index < -0.39 is 0 Å². The predicted molar refractivity (Wildman–Crippen MR) is 85.6 cm³/mol. The summed E-state index contributed by atoms with van der Waals surface area (Å²) < 4.78 is 5.28. The Morgan fingerprint density at radius 2 is 2.20 bits per heavy atom. The number of rotatable bonds is 8. The molecule has 1 unspecified atom stereocenters. The van der Waals surface area contributed by atoms with Crippen molar-refractivity contribution in [2.24, 2.45) is 11.7 Å². The van der Waals surface area contributed by atoms with Crippen molar-refractivity contribution >= 4 is 17.3 Å². The van der Waals surface area contributed by atoms with Crippen LogP contribution in [0.2, 0.25) is 5.02 Å². The Balaban J connectivity index is 2.25. The van der Waals surface area contributed by atoms with E-state index in [0.717, 1.165) is 30.5 Å². The number of anilines is 1. The normalized spacial score (nSPS) is 16.2. The van der Waals surface area contributed by atoms with Gasteiger partial charge in [0.15, 0.2) is 0 Å². The Labute approximate surface area is 127 Å². The molecule has 1 fully saturated rings. The van der Waals surface area contributed by atoms with Crippen molar-refractivity contribution in [2.75, 3.05) is 31.7 Å². The van der Waals surface area contributed by atoms with Gasteiger partial charge in [-0.15, -0.1) is 0 Å². The Hall–Kier alpha value is -0.770. The van der Waals surface area contributed by atoms with Crippen LogP contribution in [0.3, 0.4) is 0 Å². The molecule has 0 aliphatic heterocycles. The molecule has 0 radical (unpaired) electrons. The standard InChI is InChI=1S/C16H25ClN2O/c1-12(13-3-4-13)19(9-10-20-2)16-6-5-15(17)11-14(16)7-8-18/h5-6,11-13H,3-4,7-10,18H2,1-2H3. The number of methoxy groups -OCH3 is 1. The quantitative estimate of drug-likeness (QED) is 0.801. The molecule has 1 atom stereocenters. The van der Waals surface area contributed by atoms with E-state index in [1.165, 1.54) is 24.1 Å². The van der Waals surface area contributed by atoms with Crippen LogP contribution in [-0.4, -0.2) is 32.8 Å². The monoisotopic (exact) mass is 296 g/mol. The number of nitrogens with zero attached hydrogens (tertiary/aromatic N) is 1. The summed E-state index contributed by atoms with van der Waals surface area (Å²) in [5.74, 6) is 0.813. The van der Waals surface area contributed by atoms with Gasteiger partial charge in [-0.3, -0.25) is 0 Å². The van der Waals surface area contributed by atoms with E-state index in [9.17, 15) is 0 Å². The number of benzene rings is 1. The van der Waals surface area contributed by atoms with Crippen molar-refractivity contribution in [3.63, 3.8) is 0 Å². The lowest BCUT2D eigenvalue weighted by Crippen LogP contribution is -2.38. The minimum Gasteiger partial charge on any atom is -0.383 e. The maximum absolute atomic E-state index is 6.13. The van der Waals surface area contributed by atoms with Gasteiger partial charge < -0.3 is 15.4 Å². The smallest absolute Gasteiger partial charge is 0.0637 e. The molecule has 0 bridgehead atoms. The third-order valence-corrected chi connectivity index (χ3v) is 4.33. The maximum atomic E-state index is 6.13. The highest BCUT2D eigenvalue weighted by molar-refractivity contribution is 6.30. The Bertz CT molecular complexity index is 434. The van der Waals surface area contributed by atoms with Crippen molar-refractivity contribution in [1.29, 1.82) is 0 Å². The fourth-order valence-electron chi connectivity index (χ4n) is 2.76. The lowest BCUT2D eigenvalue weighted by Gasteiger charge is -2.33. The average molecular weight is 297 g/mol. The summed E-state index contributed by atoms with van der Waals surface area (Å²) >= 11 is 6.13. The fraction of sp³-hybridized carbons (Fsp3) is 0.625. The molecule has 3 nitrogen and oxygen atoms in total. The molecule has 112 valence electrons. The molecule has 1 aliphatic carbocycles.